The van der Waals surface area contributed by atoms with E-state index in [2.05, 4.69) is 16.7 Å². The van der Waals surface area contributed by atoms with Crippen molar-refractivity contribution in [2.75, 3.05) is 32.7 Å². The largest absolute Gasteiger partial charge is 0.366 e. The standard InChI is InChI=1S/C22H27N3O2/c1-3-24-8-10-25(11-9-24)14-17-5-7-20(22(23)27)21(12-17)18-6-4-16(2)19(13-18)15-26/h4-7,12-13,15H,3,8-11,14H2,1-2H3,(H2,23,27). The number of hydrogen-bond donors (Lipinski definition) is 1. The van der Waals surface area contributed by atoms with E-state index in [4.69, 9.17) is 5.73 Å². The van der Waals surface area contributed by atoms with Crippen molar-refractivity contribution in [1.29, 1.82) is 0 Å². The van der Waals surface area contributed by atoms with Gasteiger partial charge >= 0.3 is 0 Å². The predicted octanol–water partition coefficient (Wildman–Crippen LogP) is 2.71. The normalized spacial score (nSPS) is 15.6. The third kappa shape index (κ3) is 4.43. The van der Waals surface area contributed by atoms with Gasteiger partial charge in [0.1, 0.15) is 6.29 Å². The van der Waals surface area contributed by atoms with E-state index >= 15 is 0 Å². The molecule has 3 rings (SSSR count). The maximum Gasteiger partial charge on any atom is 0.249 e. The van der Waals surface area contributed by atoms with E-state index in [-0.39, 0.29) is 0 Å². The third-order valence-corrected chi connectivity index (χ3v) is 5.38. The van der Waals surface area contributed by atoms with Crippen LogP contribution in [-0.2, 0) is 6.54 Å². The molecule has 0 aliphatic carbocycles. The first-order valence-electron chi connectivity index (χ1n) is 9.45. The molecular formula is C22H27N3O2. The monoisotopic (exact) mass is 365 g/mol. The van der Waals surface area contributed by atoms with Gasteiger partial charge in [-0.2, -0.15) is 0 Å². The highest BCUT2D eigenvalue weighted by molar-refractivity contribution is 6.00. The van der Waals surface area contributed by atoms with Crippen molar-refractivity contribution in [2.45, 2.75) is 20.4 Å². The molecule has 1 saturated heterocycles. The second-order valence-electron chi connectivity index (χ2n) is 7.14. The topological polar surface area (TPSA) is 66.6 Å². The number of carbonyl (C=O) groups is 2. The molecule has 0 saturated carbocycles. The molecule has 0 unspecified atom stereocenters. The van der Waals surface area contributed by atoms with Crippen molar-refractivity contribution in [3.63, 3.8) is 0 Å². The summed E-state index contributed by atoms with van der Waals surface area (Å²) in [7, 11) is 0. The lowest BCUT2D eigenvalue weighted by Gasteiger charge is -2.34. The second kappa shape index (κ2) is 8.46. The van der Waals surface area contributed by atoms with Crippen molar-refractivity contribution in [1.82, 2.24) is 9.80 Å². The number of primary amides is 1. The first-order valence-corrected chi connectivity index (χ1v) is 9.45. The van der Waals surface area contributed by atoms with Gasteiger partial charge in [0.05, 0.1) is 0 Å². The fourth-order valence-electron chi connectivity index (χ4n) is 3.60. The number of carbonyl (C=O) groups excluding carboxylic acids is 2. The lowest BCUT2D eigenvalue weighted by Crippen LogP contribution is -2.45. The molecular weight excluding hydrogens is 338 g/mol. The number of aldehydes is 1. The van der Waals surface area contributed by atoms with Crippen LogP contribution in [0.2, 0.25) is 0 Å². The van der Waals surface area contributed by atoms with Crippen molar-refractivity contribution in [3.05, 3.63) is 58.7 Å². The summed E-state index contributed by atoms with van der Waals surface area (Å²) in [6.07, 6.45) is 0.847. The number of nitrogens with zero attached hydrogens (tertiary/aromatic N) is 2. The maximum absolute atomic E-state index is 11.9. The molecule has 5 heteroatoms. The Morgan fingerprint density at radius 2 is 1.78 bits per heavy atom. The van der Waals surface area contributed by atoms with Crippen LogP contribution in [0.1, 0.15) is 38.8 Å². The Labute approximate surface area is 160 Å². The Hall–Kier alpha value is -2.50. The van der Waals surface area contributed by atoms with Crippen molar-refractivity contribution in [3.8, 4) is 11.1 Å². The van der Waals surface area contributed by atoms with Crippen LogP contribution in [0.5, 0.6) is 0 Å². The van der Waals surface area contributed by atoms with Crippen LogP contribution in [0.25, 0.3) is 11.1 Å². The van der Waals surface area contributed by atoms with Crippen LogP contribution >= 0.6 is 0 Å². The fourth-order valence-corrected chi connectivity index (χ4v) is 3.60. The zero-order chi connectivity index (χ0) is 19.4. The van der Waals surface area contributed by atoms with Gasteiger partial charge in [0, 0.05) is 43.9 Å². The highest BCUT2D eigenvalue weighted by atomic mass is 16.1. The SMILES string of the molecule is CCN1CCN(Cc2ccc(C(N)=O)c(-c3ccc(C)c(C=O)c3)c2)CC1. The van der Waals surface area contributed by atoms with Gasteiger partial charge in [-0.3, -0.25) is 14.5 Å². The lowest BCUT2D eigenvalue weighted by atomic mass is 9.94. The van der Waals surface area contributed by atoms with E-state index in [1.54, 1.807) is 6.07 Å². The molecule has 0 bridgehead atoms. The lowest BCUT2D eigenvalue weighted by molar-refractivity contribution is 0.100. The van der Waals surface area contributed by atoms with E-state index < -0.39 is 5.91 Å². The van der Waals surface area contributed by atoms with E-state index in [9.17, 15) is 9.59 Å². The molecule has 1 aliphatic rings. The molecule has 1 aliphatic heterocycles. The summed E-state index contributed by atoms with van der Waals surface area (Å²) in [6.45, 7) is 10.3. The Kier molecular flexibility index (Phi) is 6.04. The average molecular weight is 365 g/mol. The molecule has 27 heavy (non-hydrogen) atoms. The van der Waals surface area contributed by atoms with Crippen LogP contribution < -0.4 is 5.73 Å². The number of likely N-dealkylation sites (N-methyl/N-ethyl adjacent to an activating group) is 1. The van der Waals surface area contributed by atoms with Gasteiger partial charge < -0.3 is 10.6 Å². The van der Waals surface area contributed by atoms with E-state index in [0.29, 0.717) is 11.1 Å². The first-order chi connectivity index (χ1) is 13.0. The molecule has 5 nitrogen and oxygen atoms in total. The molecule has 1 fully saturated rings. The van der Waals surface area contributed by atoms with Gasteiger partial charge in [0.15, 0.2) is 0 Å². The number of hydrogen-bond acceptors (Lipinski definition) is 4. The number of aryl methyl sites for hydroxylation is 1. The Balaban J connectivity index is 1.89. The Morgan fingerprint density at radius 3 is 2.41 bits per heavy atom. The first kappa shape index (κ1) is 19.3. The maximum atomic E-state index is 11.9. The summed E-state index contributed by atoms with van der Waals surface area (Å²) < 4.78 is 0. The van der Waals surface area contributed by atoms with E-state index in [1.165, 1.54) is 0 Å². The summed E-state index contributed by atoms with van der Waals surface area (Å²) >= 11 is 0. The summed E-state index contributed by atoms with van der Waals surface area (Å²) in [5.74, 6) is -0.457. The fraction of sp³-hybridized carbons (Fsp3) is 0.364. The van der Waals surface area contributed by atoms with Crippen LogP contribution in [0, 0.1) is 6.92 Å². The molecule has 0 aromatic heterocycles. The van der Waals surface area contributed by atoms with Crippen LogP contribution in [0.15, 0.2) is 36.4 Å². The number of benzene rings is 2. The molecule has 1 amide bonds. The number of piperazine rings is 1. The minimum Gasteiger partial charge on any atom is -0.366 e. The number of amides is 1. The van der Waals surface area contributed by atoms with Crippen molar-refractivity contribution < 1.29 is 9.59 Å². The summed E-state index contributed by atoms with van der Waals surface area (Å²) in [5.41, 5.74) is 10.4. The van der Waals surface area contributed by atoms with Gasteiger partial charge in [-0.15, -0.1) is 0 Å². The number of nitrogens with two attached hydrogens (primary N) is 1. The van der Waals surface area contributed by atoms with Crippen molar-refractivity contribution in [2.24, 2.45) is 5.73 Å². The van der Waals surface area contributed by atoms with Gasteiger partial charge in [0.25, 0.3) is 0 Å². The smallest absolute Gasteiger partial charge is 0.249 e. The minimum absolute atomic E-state index is 0.457. The number of rotatable bonds is 6. The molecule has 0 spiro atoms. The highest BCUT2D eigenvalue weighted by Gasteiger charge is 2.17. The van der Waals surface area contributed by atoms with E-state index in [1.807, 2.05) is 37.3 Å². The molecule has 2 N–H and O–H groups in total. The molecule has 2 aromatic rings. The Morgan fingerprint density at radius 1 is 1.07 bits per heavy atom. The summed E-state index contributed by atoms with van der Waals surface area (Å²) in [5, 5.41) is 0. The highest BCUT2D eigenvalue weighted by Crippen LogP contribution is 2.27. The molecule has 2 aromatic carbocycles. The second-order valence-corrected chi connectivity index (χ2v) is 7.14. The average Bonchev–Trinajstić information content (AvgIpc) is 2.68. The molecule has 0 radical (unpaired) electrons. The summed E-state index contributed by atoms with van der Waals surface area (Å²) in [4.78, 5) is 28.1. The predicted molar refractivity (Wildman–Crippen MR) is 108 cm³/mol. The van der Waals surface area contributed by atoms with Crippen LogP contribution in [-0.4, -0.2) is 54.7 Å². The molecule has 142 valence electrons. The van der Waals surface area contributed by atoms with E-state index in [0.717, 1.165) is 67.8 Å². The zero-order valence-corrected chi connectivity index (χ0v) is 16.1. The Bertz CT molecular complexity index is 839. The van der Waals surface area contributed by atoms with Gasteiger partial charge in [-0.05, 0) is 53.9 Å². The molecule has 1 heterocycles. The van der Waals surface area contributed by atoms with Gasteiger partial charge in [-0.25, -0.2) is 0 Å². The quantitative estimate of drug-likeness (QED) is 0.800. The van der Waals surface area contributed by atoms with Gasteiger partial charge in [-0.1, -0.05) is 25.1 Å². The zero-order valence-electron chi connectivity index (χ0n) is 16.1. The van der Waals surface area contributed by atoms with Gasteiger partial charge in [0.2, 0.25) is 5.91 Å². The third-order valence-electron chi connectivity index (χ3n) is 5.38. The van der Waals surface area contributed by atoms with Crippen LogP contribution in [0.3, 0.4) is 0 Å². The summed E-state index contributed by atoms with van der Waals surface area (Å²) in [6, 6.07) is 11.5. The molecule has 0 atom stereocenters. The van der Waals surface area contributed by atoms with Crippen molar-refractivity contribution >= 4 is 12.2 Å². The van der Waals surface area contributed by atoms with Crippen LogP contribution in [0.4, 0.5) is 0 Å². The minimum atomic E-state index is -0.457.